The summed E-state index contributed by atoms with van der Waals surface area (Å²) in [5, 5.41) is 3.05. The molecule has 1 fully saturated rings. The number of anilines is 1. The van der Waals surface area contributed by atoms with Crippen LogP contribution in [0.4, 0.5) is 5.82 Å². The Kier molecular flexibility index (Phi) is 6.43. The molecule has 170 valence electrons. The van der Waals surface area contributed by atoms with E-state index in [0.717, 1.165) is 53.7 Å². The number of carbonyl (C=O) groups is 1. The summed E-state index contributed by atoms with van der Waals surface area (Å²) in [4.78, 5) is 47.3. The Balaban J connectivity index is 1.34. The van der Waals surface area contributed by atoms with Crippen LogP contribution in [0.1, 0.15) is 32.0 Å². The number of piperidine rings is 1. The van der Waals surface area contributed by atoms with E-state index in [0.29, 0.717) is 25.5 Å². The van der Waals surface area contributed by atoms with Crippen molar-refractivity contribution < 1.29 is 4.79 Å². The average molecular weight is 439 g/mol. The van der Waals surface area contributed by atoms with E-state index in [1.54, 1.807) is 4.57 Å². The molecule has 32 heavy (non-hydrogen) atoms. The molecule has 0 aliphatic carbocycles. The van der Waals surface area contributed by atoms with Gasteiger partial charge in [-0.3, -0.25) is 18.7 Å². The highest BCUT2D eigenvalue weighted by atomic mass is 16.2. The SMILES string of the molecule is CCn1c(N2CCCC(C(=O)NCCCc3nc4ccccc4[nH]3)C2)cc(=O)n(C)c1=O. The van der Waals surface area contributed by atoms with Crippen molar-refractivity contribution in [3.63, 3.8) is 0 Å². The van der Waals surface area contributed by atoms with Crippen LogP contribution in [-0.4, -0.2) is 44.6 Å². The van der Waals surface area contributed by atoms with Crippen molar-refractivity contribution in [1.29, 1.82) is 0 Å². The van der Waals surface area contributed by atoms with Crippen LogP contribution in [0.5, 0.6) is 0 Å². The van der Waals surface area contributed by atoms with Gasteiger partial charge in [-0.15, -0.1) is 0 Å². The summed E-state index contributed by atoms with van der Waals surface area (Å²) < 4.78 is 2.71. The summed E-state index contributed by atoms with van der Waals surface area (Å²) in [6, 6.07) is 9.42. The van der Waals surface area contributed by atoms with Gasteiger partial charge in [0, 0.05) is 45.7 Å². The Bertz CT molecular complexity index is 1190. The first-order valence-electron chi connectivity index (χ1n) is 11.2. The zero-order chi connectivity index (χ0) is 22.7. The highest BCUT2D eigenvalue weighted by Crippen LogP contribution is 2.22. The number of nitrogens with zero attached hydrogens (tertiary/aromatic N) is 4. The number of aromatic amines is 1. The van der Waals surface area contributed by atoms with Crippen molar-refractivity contribution in [3.05, 3.63) is 57.0 Å². The highest BCUT2D eigenvalue weighted by molar-refractivity contribution is 5.79. The van der Waals surface area contributed by atoms with Crippen molar-refractivity contribution in [2.75, 3.05) is 24.5 Å². The van der Waals surface area contributed by atoms with Gasteiger partial charge in [-0.25, -0.2) is 9.78 Å². The summed E-state index contributed by atoms with van der Waals surface area (Å²) in [5.74, 6) is 1.38. The average Bonchev–Trinajstić information content (AvgIpc) is 3.23. The molecule has 1 atom stereocenters. The molecule has 3 heterocycles. The molecule has 0 saturated carbocycles. The van der Waals surface area contributed by atoms with Crippen LogP contribution in [0, 0.1) is 5.92 Å². The van der Waals surface area contributed by atoms with Crippen LogP contribution in [0.3, 0.4) is 0 Å². The molecule has 1 amide bonds. The lowest BCUT2D eigenvalue weighted by molar-refractivity contribution is -0.125. The number of nitrogens with one attached hydrogen (secondary N) is 2. The number of aryl methyl sites for hydroxylation is 1. The Morgan fingerprint density at radius 3 is 2.88 bits per heavy atom. The number of benzene rings is 1. The van der Waals surface area contributed by atoms with Gasteiger partial charge >= 0.3 is 5.69 Å². The minimum Gasteiger partial charge on any atom is -0.357 e. The molecule has 4 rings (SSSR count). The third kappa shape index (κ3) is 4.46. The molecule has 0 radical (unpaired) electrons. The number of hydrogen-bond acceptors (Lipinski definition) is 5. The lowest BCUT2D eigenvalue weighted by atomic mass is 9.97. The van der Waals surface area contributed by atoms with Gasteiger partial charge in [-0.1, -0.05) is 12.1 Å². The molecule has 1 aromatic carbocycles. The molecule has 1 unspecified atom stereocenters. The largest absolute Gasteiger partial charge is 0.357 e. The van der Waals surface area contributed by atoms with E-state index in [-0.39, 0.29) is 23.1 Å². The smallest absolute Gasteiger partial charge is 0.332 e. The van der Waals surface area contributed by atoms with Crippen molar-refractivity contribution in [1.82, 2.24) is 24.4 Å². The van der Waals surface area contributed by atoms with Gasteiger partial charge in [0.25, 0.3) is 5.56 Å². The Labute approximate surface area is 186 Å². The van der Waals surface area contributed by atoms with Gasteiger partial charge in [0.15, 0.2) is 0 Å². The predicted molar refractivity (Wildman–Crippen MR) is 124 cm³/mol. The Hall–Kier alpha value is -3.36. The second kappa shape index (κ2) is 9.42. The standard InChI is InChI=1S/C23H30N6O3/c1-3-29-20(14-21(30)27(2)23(29)32)28-13-7-8-16(15-28)22(31)24-12-6-11-19-25-17-9-4-5-10-18(17)26-19/h4-5,9-10,14,16H,3,6-8,11-13,15H2,1-2H3,(H,24,31)(H,25,26). The third-order valence-corrected chi connectivity index (χ3v) is 6.14. The second-order valence-electron chi connectivity index (χ2n) is 8.31. The number of hydrogen-bond donors (Lipinski definition) is 2. The van der Waals surface area contributed by atoms with Crippen LogP contribution in [0.2, 0.25) is 0 Å². The lowest BCUT2D eigenvalue weighted by Gasteiger charge is -2.34. The van der Waals surface area contributed by atoms with E-state index in [1.807, 2.05) is 36.1 Å². The van der Waals surface area contributed by atoms with Crippen LogP contribution >= 0.6 is 0 Å². The minimum absolute atomic E-state index is 0.0218. The van der Waals surface area contributed by atoms with Gasteiger partial charge in [0.05, 0.1) is 17.0 Å². The zero-order valence-corrected chi connectivity index (χ0v) is 18.6. The van der Waals surface area contributed by atoms with Crippen LogP contribution < -0.4 is 21.5 Å². The van der Waals surface area contributed by atoms with E-state index in [9.17, 15) is 14.4 Å². The van der Waals surface area contributed by atoms with E-state index >= 15 is 0 Å². The Morgan fingerprint density at radius 1 is 1.28 bits per heavy atom. The van der Waals surface area contributed by atoms with Crippen molar-refractivity contribution >= 4 is 22.8 Å². The van der Waals surface area contributed by atoms with Gasteiger partial charge in [0.2, 0.25) is 5.91 Å². The molecular weight excluding hydrogens is 408 g/mol. The number of aromatic nitrogens is 4. The molecule has 1 aliphatic heterocycles. The number of carbonyl (C=O) groups excluding carboxylic acids is 1. The first-order chi connectivity index (χ1) is 15.5. The Morgan fingerprint density at radius 2 is 2.09 bits per heavy atom. The van der Waals surface area contributed by atoms with E-state index in [4.69, 9.17) is 0 Å². The monoisotopic (exact) mass is 438 g/mol. The van der Waals surface area contributed by atoms with Crippen LogP contribution in [0.15, 0.2) is 39.9 Å². The predicted octanol–water partition coefficient (Wildman–Crippen LogP) is 1.41. The molecule has 3 aromatic rings. The highest BCUT2D eigenvalue weighted by Gasteiger charge is 2.27. The molecule has 0 bridgehead atoms. The minimum atomic E-state index is -0.327. The molecule has 1 saturated heterocycles. The van der Waals surface area contributed by atoms with Crippen molar-refractivity contribution in [3.8, 4) is 0 Å². The van der Waals surface area contributed by atoms with E-state index < -0.39 is 0 Å². The zero-order valence-electron chi connectivity index (χ0n) is 18.6. The normalized spacial score (nSPS) is 16.4. The molecular formula is C23H30N6O3. The number of para-hydroxylation sites is 2. The van der Waals surface area contributed by atoms with Gasteiger partial charge < -0.3 is 15.2 Å². The third-order valence-electron chi connectivity index (χ3n) is 6.14. The number of rotatable bonds is 7. The fourth-order valence-electron chi connectivity index (χ4n) is 4.35. The molecule has 9 heteroatoms. The summed E-state index contributed by atoms with van der Waals surface area (Å²) >= 11 is 0. The fraction of sp³-hybridized carbons (Fsp3) is 0.478. The fourth-order valence-corrected chi connectivity index (χ4v) is 4.35. The van der Waals surface area contributed by atoms with Gasteiger partial charge in [-0.2, -0.15) is 0 Å². The topological polar surface area (TPSA) is 105 Å². The molecule has 9 nitrogen and oxygen atoms in total. The molecule has 1 aliphatic rings. The number of fused-ring (bicyclic) bond motifs is 1. The number of imidazole rings is 1. The van der Waals surface area contributed by atoms with Crippen molar-refractivity contribution in [2.45, 2.75) is 39.2 Å². The molecule has 0 spiro atoms. The van der Waals surface area contributed by atoms with Crippen molar-refractivity contribution in [2.24, 2.45) is 13.0 Å². The summed E-state index contributed by atoms with van der Waals surface area (Å²) in [5.41, 5.74) is 1.32. The second-order valence-corrected chi connectivity index (χ2v) is 8.31. The lowest BCUT2D eigenvalue weighted by Crippen LogP contribution is -2.47. The summed E-state index contributed by atoms with van der Waals surface area (Å²) in [6.07, 6.45) is 3.20. The first kappa shape index (κ1) is 21.9. The molecule has 2 N–H and O–H groups in total. The van der Waals surface area contributed by atoms with Gasteiger partial charge in [-0.05, 0) is 38.3 Å². The summed E-state index contributed by atoms with van der Waals surface area (Å²) in [7, 11) is 1.48. The van der Waals surface area contributed by atoms with Crippen LogP contribution in [0.25, 0.3) is 11.0 Å². The maximum Gasteiger partial charge on any atom is 0.332 e. The maximum absolute atomic E-state index is 12.8. The molecule has 2 aromatic heterocycles. The van der Waals surface area contributed by atoms with E-state index in [2.05, 4.69) is 15.3 Å². The number of amides is 1. The van der Waals surface area contributed by atoms with Gasteiger partial charge in [0.1, 0.15) is 11.6 Å². The quantitative estimate of drug-likeness (QED) is 0.543. The summed E-state index contributed by atoms with van der Waals surface area (Å²) in [6.45, 7) is 4.16. The number of H-pyrrole nitrogens is 1. The van der Waals surface area contributed by atoms with E-state index in [1.165, 1.54) is 13.1 Å². The van der Waals surface area contributed by atoms with Crippen LogP contribution in [-0.2, 0) is 24.8 Å². The first-order valence-corrected chi connectivity index (χ1v) is 11.2. The maximum atomic E-state index is 12.8.